The van der Waals surface area contributed by atoms with Gasteiger partial charge in [0.15, 0.2) is 0 Å². The van der Waals surface area contributed by atoms with Gasteiger partial charge in [-0.3, -0.25) is 0 Å². The fraction of sp³-hybridized carbons (Fsp3) is 1.00. The second kappa shape index (κ2) is 5.67. The van der Waals surface area contributed by atoms with Gasteiger partial charge in [0.1, 0.15) is 0 Å². The first-order valence-electron chi connectivity index (χ1n) is 6.77. The molecule has 2 rings (SSSR count). The summed E-state index contributed by atoms with van der Waals surface area (Å²) in [6, 6.07) is 0.494. The van der Waals surface area contributed by atoms with E-state index < -0.39 is 10.0 Å². The molecule has 2 fully saturated rings. The van der Waals surface area contributed by atoms with Gasteiger partial charge in [-0.1, -0.05) is 19.3 Å². The number of hydrogen-bond acceptors (Lipinski definition) is 3. The topological polar surface area (TPSA) is 49.4 Å². The summed E-state index contributed by atoms with van der Waals surface area (Å²) in [5, 5.41) is 3.22. The molecule has 0 aromatic rings. The number of sulfonamides is 1. The van der Waals surface area contributed by atoms with E-state index in [-0.39, 0.29) is 0 Å². The van der Waals surface area contributed by atoms with E-state index >= 15 is 0 Å². The van der Waals surface area contributed by atoms with Gasteiger partial charge in [-0.25, -0.2) is 12.7 Å². The van der Waals surface area contributed by atoms with Gasteiger partial charge in [-0.2, -0.15) is 0 Å². The first kappa shape index (κ1) is 13.3. The maximum absolute atomic E-state index is 12.1. The zero-order chi connectivity index (χ0) is 12.3. The molecule has 0 bridgehead atoms. The fourth-order valence-electron chi connectivity index (χ4n) is 2.65. The summed E-state index contributed by atoms with van der Waals surface area (Å²) in [5.41, 5.74) is 0. The van der Waals surface area contributed by atoms with E-state index in [0.29, 0.717) is 30.8 Å². The van der Waals surface area contributed by atoms with Crippen LogP contribution in [0.1, 0.15) is 38.5 Å². The molecule has 0 aromatic heterocycles. The highest BCUT2D eigenvalue weighted by molar-refractivity contribution is 7.89. The Kier molecular flexibility index (Phi) is 4.44. The van der Waals surface area contributed by atoms with Crippen molar-refractivity contribution in [3.63, 3.8) is 0 Å². The predicted molar refractivity (Wildman–Crippen MR) is 69.4 cm³/mol. The Balaban J connectivity index is 1.79. The lowest BCUT2D eigenvalue weighted by atomic mass is 9.84. The van der Waals surface area contributed by atoms with Crippen LogP contribution < -0.4 is 5.32 Å². The lowest BCUT2D eigenvalue weighted by Crippen LogP contribution is -2.44. The van der Waals surface area contributed by atoms with Crippen LogP contribution in [0.15, 0.2) is 0 Å². The molecule has 0 atom stereocenters. The summed E-state index contributed by atoms with van der Waals surface area (Å²) in [6.07, 6.45) is 6.51. The Bertz CT molecular complexity index is 330. The largest absolute Gasteiger partial charge is 0.317 e. The maximum Gasteiger partial charge on any atom is 0.214 e. The quantitative estimate of drug-likeness (QED) is 0.808. The van der Waals surface area contributed by atoms with Crippen LogP contribution in [0, 0.1) is 5.92 Å². The second-order valence-corrected chi connectivity index (χ2v) is 7.45. The van der Waals surface area contributed by atoms with E-state index in [1.165, 1.54) is 19.3 Å². The monoisotopic (exact) mass is 260 g/mol. The van der Waals surface area contributed by atoms with Crippen molar-refractivity contribution in [1.29, 1.82) is 0 Å². The normalized spacial score (nSPS) is 24.8. The molecule has 0 unspecified atom stereocenters. The molecule has 1 N–H and O–H groups in total. The van der Waals surface area contributed by atoms with Crippen LogP contribution in [0.3, 0.4) is 0 Å². The van der Waals surface area contributed by atoms with E-state index in [9.17, 15) is 8.42 Å². The van der Waals surface area contributed by atoms with Crippen molar-refractivity contribution in [3.05, 3.63) is 0 Å². The van der Waals surface area contributed by atoms with Crippen molar-refractivity contribution in [1.82, 2.24) is 9.62 Å². The molecule has 100 valence electrons. The maximum atomic E-state index is 12.1. The van der Waals surface area contributed by atoms with Crippen molar-refractivity contribution < 1.29 is 8.42 Å². The Morgan fingerprint density at radius 2 is 1.82 bits per heavy atom. The van der Waals surface area contributed by atoms with Gasteiger partial charge in [0, 0.05) is 19.1 Å². The van der Waals surface area contributed by atoms with Gasteiger partial charge in [0.05, 0.1) is 5.75 Å². The van der Waals surface area contributed by atoms with Crippen molar-refractivity contribution in [2.75, 3.05) is 25.9 Å². The molecule has 0 radical (unpaired) electrons. The van der Waals surface area contributed by atoms with E-state index in [4.69, 9.17) is 0 Å². The first-order valence-corrected chi connectivity index (χ1v) is 8.38. The number of nitrogens with zero attached hydrogens (tertiary/aromatic N) is 1. The summed E-state index contributed by atoms with van der Waals surface area (Å²) in [6.45, 7) is 1.39. The Hall–Kier alpha value is -0.130. The highest BCUT2D eigenvalue weighted by atomic mass is 32.2. The van der Waals surface area contributed by atoms with E-state index in [1.54, 1.807) is 4.31 Å². The zero-order valence-electron chi connectivity index (χ0n) is 10.7. The predicted octanol–water partition coefficient (Wildman–Crippen LogP) is 1.19. The SMILES string of the molecule is CNC1CCN(S(=O)(=O)CCC2CCC2)CC1. The van der Waals surface area contributed by atoms with Gasteiger partial charge in [-0.05, 0) is 32.2 Å². The standard InChI is InChI=1S/C12H24N2O2S/c1-13-12-5-8-14(9-6-12)17(15,16)10-7-11-3-2-4-11/h11-13H,2-10H2,1H3. The number of rotatable bonds is 5. The van der Waals surface area contributed by atoms with E-state index in [0.717, 1.165) is 19.3 Å². The zero-order valence-corrected chi connectivity index (χ0v) is 11.5. The minimum Gasteiger partial charge on any atom is -0.317 e. The van der Waals surface area contributed by atoms with Gasteiger partial charge < -0.3 is 5.32 Å². The lowest BCUT2D eigenvalue weighted by Gasteiger charge is -2.32. The van der Waals surface area contributed by atoms with Crippen LogP contribution in [-0.2, 0) is 10.0 Å². The Morgan fingerprint density at radius 1 is 1.18 bits per heavy atom. The average molecular weight is 260 g/mol. The smallest absolute Gasteiger partial charge is 0.214 e. The van der Waals surface area contributed by atoms with Crippen LogP contribution in [-0.4, -0.2) is 44.7 Å². The summed E-state index contributed by atoms with van der Waals surface area (Å²) in [7, 11) is -1.03. The number of piperidine rings is 1. The van der Waals surface area contributed by atoms with Crippen molar-refractivity contribution in [2.45, 2.75) is 44.6 Å². The third-order valence-corrected chi connectivity index (χ3v) is 6.17. The minimum absolute atomic E-state index is 0.363. The molecule has 17 heavy (non-hydrogen) atoms. The van der Waals surface area contributed by atoms with E-state index in [1.807, 2.05) is 7.05 Å². The highest BCUT2D eigenvalue weighted by Crippen LogP contribution is 2.30. The number of hydrogen-bond donors (Lipinski definition) is 1. The van der Waals surface area contributed by atoms with Crippen molar-refractivity contribution in [2.24, 2.45) is 5.92 Å². The molecule has 4 nitrogen and oxygen atoms in total. The van der Waals surface area contributed by atoms with Crippen molar-refractivity contribution >= 4 is 10.0 Å². The van der Waals surface area contributed by atoms with Gasteiger partial charge in [0.25, 0.3) is 0 Å². The van der Waals surface area contributed by atoms with Gasteiger partial charge in [0.2, 0.25) is 10.0 Å². The van der Waals surface area contributed by atoms with Gasteiger partial charge in [-0.15, -0.1) is 0 Å². The summed E-state index contributed by atoms with van der Waals surface area (Å²) >= 11 is 0. The summed E-state index contributed by atoms with van der Waals surface area (Å²) in [5.74, 6) is 1.04. The second-order valence-electron chi connectivity index (χ2n) is 5.36. The van der Waals surface area contributed by atoms with Crippen LogP contribution in [0.5, 0.6) is 0 Å². The first-order chi connectivity index (χ1) is 8.12. The molecular weight excluding hydrogens is 236 g/mol. The summed E-state index contributed by atoms with van der Waals surface area (Å²) < 4.78 is 26.0. The molecule has 1 aliphatic heterocycles. The molecule has 0 amide bonds. The van der Waals surface area contributed by atoms with Crippen LogP contribution in [0.2, 0.25) is 0 Å². The molecule has 1 heterocycles. The third-order valence-electron chi connectivity index (χ3n) is 4.26. The average Bonchev–Trinajstić information content (AvgIpc) is 2.27. The molecule has 0 spiro atoms. The molecule has 5 heteroatoms. The summed E-state index contributed by atoms with van der Waals surface area (Å²) in [4.78, 5) is 0. The Morgan fingerprint density at radius 3 is 2.29 bits per heavy atom. The third kappa shape index (κ3) is 3.42. The molecular formula is C12H24N2O2S. The fourth-order valence-corrected chi connectivity index (χ4v) is 4.31. The highest BCUT2D eigenvalue weighted by Gasteiger charge is 2.28. The molecule has 0 aromatic carbocycles. The lowest BCUT2D eigenvalue weighted by molar-refractivity contribution is 0.288. The van der Waals surface area contributed by atoms with Crippen LogP contribution >= 0.6 is 0 Å². The van der Waals surface area contributed by atoms with Gasteiger partial charge >= 0.3 is 0 Å². The van der Waals surface area contributed by atoms with E-state index in [2.05, 4.69) is 5.32 Å². The molecule has 1 saturated heterocycles. The minimum atomic E-state index is -2.98. The van der Waals surface area contributed by atoms with Crippen LogP contribution in [0.25, 0.3) is 0 Å². The molecule has 2 aliphatic rings. The van der Waals surface area contributed by atoms with Crippen molar-refractivity contribution in [3.8, 4) is 0 Å². The molecule has 1 saturated carbocycles. The van der Waals surface area contributed by atoms with Crippen LogP contribution in [0.4, 0.5) is 0 Å². The molecule has 1 aliphatic carbocycles. The number of nitrogens with one attached hydrogen (secondary N) is 1. The Labute approximate surface area is 105 Å².